The number of benzene rings is 1. The van der Waals surface area contributed by atoms with Gasteiger partial charge in [0.05, 0.1) is 15.8 Å². The van der Waals surface area contributed by atoms with Crippen LogP contribution in [0, 0.1) is 6.92 Å². The second kappa shape index (κ2) is 7.36. The first-order valence-electron chi connectivity index (χ1n) is 9.11. The van der Waals surface area contributed by atoms with Gasteiger partial charge in [-0.3, -0.25) is 0 Å². The minimum Gasteiger partial charge on any atom is -0.454 e. The summed E-state index contributed by atoms with van der Waals surface area (Å²) in [5.41, 5.74) is 7.94. The number of esters is 1. The lowest BCUT2D eigenvalue weighted by Gasteiger charge is -2.11. The highest BCUT2D eigenvalue weighted by atomic mass is 32.2. The van der Waals surface area contributed by atoms with Crippen LogP contribution in [0.3, 0.4) is 0 Å². The number of hydrogen-bond acceptors (Lipinski definition) is 8. The Morgan fingerprint density at radius 2 is 2.00 bits per heavy atom. The summed E-state index contributed by atoms with van der Waals surface area (Å²) in [6, 6.07) is 4.20. The number of rotatable bonds is 4. The van der Waals surface area contributed by atoms with E-state index >= 15 is 0 Å². The van der Waals surface area contributed by atoms with E-state index in [2.05, 4.69) is 9.97 Å². The minimum atomic E-state index is -3.94. The van der Waals surface area contributed by atoms with Gasteiger partial charge in [-0.2, -0.15) is 0 Å². The van der Waals surface area contributed by atoms with E-state index in [1.807, 2.05) is 0 Å². The molecule has 1 aromatic carbocycles. The number of nitrogens with zero attached hydrogens (tertiary/aromatic N) is 2. The smallest absolute Gasteiger partial charge is 0.338 e. The molecule has 0 saturated carbocycles. The molecule has 0 aliphatic heterocycles. The molecule has 0 bridgehead atoms. The molecule has 0 amide bonds. The van der Waals surface area contributed by atoms with Crippen molar-refractivity contribution >= 4 is 43.4 Å². The van der Waals surface area contributed by atoms with E-state index in [4.69, 9.17) is 15.6 Å². The minimum absolute atomic E-state index is 0.0836. The third-order valence-electron chi connectivity index (χ3n) is 4.95. The molecule has 0 unspecified atom stereocenters. The monoisotopic (exact) mass is 432 g/mol. The van der Waals surface area contributed by atoms with Gasteiger partial charge < -0.3 is 10.5 Å². The molecule has 2 aromatic heterocycles. The summed E-state index contributed by atoms with van der Waals surface area (Å²) in [6.07, 6.45) is 4.31. The van der Waals surface area contributed by atoms with Crippen molar-refractivity contribution in [1.82, 2.24) is 9.97 Å². The number of hydrogen-bond donors (Lipinski definition) is 2. The van der Waals surface area contributed by atoms with Gasteiger partial charge in [0.2, 0.25) is 10.0 Å². The maximum absolute atomic E-state index is 12.4. The average Bonchev–Trinajstić information content (AvgIpc) is 3.04. The summed E-state index contributed by atoms with van der Waals surface area (Å²) in [5, 5.41) is 6.10. The fraction of sp³-hybridized carbons (Fsp3) is 0.316. The van der Waals surface area contributed by atoms with Crippen LogP contribution in [0.4, 0.5) is 5.82 Å². The Balaban J connectivity index is 1.56. The second-order valence-electron chi connectivity index (χ2n) is 7.02. The predicted octanol–water partition coefficient (Wildman–Crippen LogP) is 2.47. The maximum Gasteiger partial charge on any atom is 0.338 e. The van der Waals surface area contributed by atoms with Gasteiger partial charge in [0.1, 0.15) is 10.6 Å². The van der Waals surface area contributed by atoms with Crippen molar-refractivity contribution in [1.29, 1.82) is 0 Å². The van der Waals surface area contributed by atoms with E-state index in [9.17, 15) is 13.2 Å². The van der Waals surface area contributed by atoms with Crippen LogP contribution in [0.5, 0.6) is 0 Å². The summed E-state index contributed by atoms with van der Waals surface area (Å²) < 4.78 is 28.6. The lowest BCUT2D eigenvalue weighted by molar-refractivity contribution is 0.0462. The third kappa shape index (κ3) is 3.83. The van der Waals surface area contributed by atoms with Crippen LogP contribution in [0.2, 0.25) is 0 Å². The van der Waals surface area contributed by atoms with Crippen LogP contribution < -0.4 is 10.9 Å². The van der Waals surface area contributed by atoms with Crippen molar-refractivity contribution in [2.75, 3.05) is 5.73 Å². The van der Waals surface area contributed by atoms with Crippen LogP contribution >= 0.6 is 11.3 Å². The van der Waals surface area contributed by atoms with E-state index in [1.165, 1.54) is 28.6 Å². The third-order valence-corrected chi connectivity index (χ3v) is 7.19. The molecule has 29 heavy (non-hydrogen) atoms. The largest absolute Gasteiger partial charge is 0.454 e. The number of anilines is 1. The van der Waals surface area contributed by atoms with Gasteiger partial charge in [0.25, 0.3) is 0 Å². The van der Waals surface area contributed by atoms with Gasteiger partial charge in [-0.1, -0.05) is 6.07 Å². The zero-order valence-corrected chi connectivity index (χ0v) is 17.4. The standard InChI is InChI=1S/C19H20N4O4S2/c1-10-6-7-11(8-14(10)29(21,25)26)19(24)27-9-15-22-17(20)16-12-4-2-3-5-13(12)28-18(16)23-15/h6-8H,2-5,9H2,1H3,(H2,20,22,23)(H2,21,25,26). The summed E-state index contributed by atoms with van der Waals surface area (Å²) >= 11 is 1.61. The summed E-state index contributed by atoms with van der Waals surface area (Å²) in [5.74, 6) is 0.00988. The molecule has 0 fully saturated rings. The number of carbonyl (C=O) groups excluding carboxylic acids is 1. The van der Waals surface area contributed by atoms with E-state index in [0.29, 0.717) is 17.2 Å². The molecule has 3 aromatic rings. The van der Waals surface area contributed by atoms with Gasteiger partial charge in [-0.05, 0) is 55.9 Å². The number of sulfonamides is 1. The van der Waals surface area contributed by atoms with Crippen LogP contribution in [-0.4, -0.2) is 24.4 Å². The lowest BCUT2D eigenvalue weighted by Crippen LogP contribution is -2.15. The topological polar surface area (TPSA) is 138 Å². The van der Waals surface area contributed by atoms with Gasteiger partial charge >= 0.3 is 5.97 Å². The van der Waals surface area contributed by atoms with Crippen molar-refractivity contribution in [3.8, 4) is 0 Å². The van der Waals surface area contributed by atoms with Crippen LogP contribution in [0.25, 0.3) is 10.2 Å². The van der Waals surface area contributed by atoms with Crippen LogP contribution in [0.15, 0.2) is 23.1 Å². The summed E-state index contributed by atoms with van der Waals surface area (Å²) in [7, 11) is -3.94. The maximum atomic E-state index is 12.4. The van der Waals surface area contributed by atoms with E-state index in [0.717, 1.165) is 35.9 Å². The van der Waals surface area contributed by atoms with Crippen molar-refractivity contribution < 1.29 is 17.9 Å². The fourth-order valence-corrected chi connectivity index (χ4v) is 5.64. The number of nitrogen functional groups attached to an aromatic ring is 1. The molecule has 0 saturated heterocycles. The average molecular weight is 433 g/mol. The molecule has 4 rings (SSSR count). The highest BCUT2D eigenvalue weighted by Crippen LogP contribution is 2.37. The molecule has 0 spiro atoms. The Hall–Kier alpha value is -2.56. The number of ether oxygens (including phenoxy) is 1. The Morgan fingerprint density at radius 1 is 1.24 bits per heavy atom. The Labute approximate surface area is 172 Å². The number of nitrogens with two attached hydrogens (primary N) is 2. The van der Waals surface area contributed by atoms with Gasteiger partial charge in [0.15, 0.2) is 12.4 Å². The molecule has 152 valence electrons. The van der Waals surface area contributed by atoms with Crippen molar-refractivity contribution in [2.24, 2.45) is 5.14 Å². The normalized spacial score (nSPS) is 14.0. The molecular weight excluding hydrogens is 412 g/mol. The van der Waals surface area contributed by atoms with Crippen molar-refractivity contribution in [3.05, 3.63) is 45.6 Å². The number of aryl methyl sites for hydroxylation is 3. The number of carbonyl (C=O) groups is 1. The highest BCUT2D eigenvalue weighted by molar-refractivity contribution is 7.89. The summed E-state index contributed by atoms with van der Waals surface area (Å²) in [4.78, 5) is 23.2. The molecule has 1 aliphatic rings. The van der Waals surface area contributed by atoms with Gasteiger partial charge in [0, 0.05) is 4.88 Å². The van der Waals surface area contributed by atoms with Gasteiger partial charge in [-0.25, -0.2) is 28.3 Å². The van der Waals surface area contributed by atoms with E-state index in [1.54, 1.807) is 18.3 Å². The Kier molecular flexibility index (Phi) is 5.01. The molecule has 10 heteroatoms. The van der Waals surface area contributed by atoms with Crippen molar-refractivity contribution in [2.45, 2.75) is 44.1 Å². The first-order valence-corrected chi connectivity index (χ1v) is 11.5. The molecule has 0 radical (unpaired) electrons. The quantitative estimate of drug-likeness (QED) is 0.604. The van der Waals surface area contributed by atoms with Crippen LogP contribution in [-0.2, 0) is 34.2 Å². The number of thiophene rings is 1. The first kappa shape index (κ1) is 19.7. The lowest BCUT2D eigenvalue weighted by atomic mass is 9.97. The fourth-order valence-electron chi connectivity index (χ4n) is 3.54. The zero-order chi connectivity index (χ0) is 20.8. The number of aromatic nitrogens is 2. The molecule has 2 heterocycles. The van der Waals surface area contributed by atoms with Gasteiger partial charge in [-0.15, -0.1) is 11.3 Å². The first-order chi connectivity index (χ1) is 13.7. The Bertz CT molecular complexity index is 1230. The molecule has 4 N–H and O–H groups in total. The molecule has 8 nitrogen and oxygen atoms in total. The Morgan fingerprint density at radius 3 is 2.76 bits per heavy atom. The van der Waals surface area contributed by atoms with E-state index in [-0.39, 0.29) is 17.1 Å². The molecule has 1 aliphatic carbocycles. The zero-order valence-electron chi connectivity index (χ0n) is 15.8. The van der Waals surface area contributed by atoms with E-state index < -0.39 is 16.0 Å². The van der Waals surface area contributed by atoms with Crippen molar-refractivity contribution in [3.63, 3.8) is 0 Å². The number of primary sulfonamides is 1. The molecular formula is C19H20N4O4S2. The molecule has 0 atom stereocenters. The SMILES string of the molecule is Cc1ccc(C(=O)OCc2nc(N)c3c4c(sc3n2)CCCC4)cc1S(N)(=O)=O. The number of fused-ring (bicyclic) bond motifs is 3. The van der Waals surface area contributed by atoms with Crippen LogP contribution in [0.1, 0.15) is 45.0 Å². The second-order valence-corrected chi connectivity index (χ2v) is 9.63. The predicted molar refractivity (Wildman–Crippen MR) is 110 cm³/mol. The highest BCUT2D eigenvalue weighted by Gasteiger charge is 2.21. The summed E-state index contributed by atoms with van der Waals surface area (Å²) in [6.45, 7) is 1.43.